The maximum Gasteiger partial charge on any atom is 1.00 e. The molecule has 0 amide bonds. The topological polar surface area (TPSA) is 0 Å². The molecule has 0 radical (unpaired) electrons. The van der Waals surface area contributed by atoms with Gasteiger partial charge in [-0.2, -0.15) is 0 Å². The molecule has 0 fully saturated rings. The molecule has 0 saturated carbocycles. The van der Waals surface area contributed by atoms with Crippen LogP contribution in [0, 0.1) is 0 Å². The summed E-state index contributed by atoms with van der Waals surface area (Å²) < 4.78 is 0. The van der Waals surface area contributed by atoms with Gasteiger partial charge in [-0.15, -0.1) is 0 Å². The second-order valence-electron chi connectivity index (χ2n) is 0.268. The molecule has 0 spiro atoms. The summed E-state index contributed by atoms with van der Waals surface area (Å²) in [4.78, 5) is 0. The minimum atomic E-state index is -1.10. The van der Waals surface area contributed by atoms with Gasteiger partial charge < -0.3 is 0 Å². The van der Waals surface area contributed by atoms with E-state index in [0.29, 0.717) is 0 Å². The second-order valence-corrected chi connectivity index (χ2v) is 12.5. The first kappa shape index (κ1) is 22.4. The quantitative estimate of drug-likeness (QED) is 0.319. The van der Waals surface area contributed by atoms with Gasteiger partial charge in [-0.05, 0) is 0 Å². The van der Waals surface area contributed by atoms with Crippen LogP contribution in [0.1, 0.15) is 0 Å². The Morgan fingerprint density at radius 2 is 0.714 bits per heavy atom. The minimum Gasteiger partial charge on any atom is 1.00 e. The van der Waals surface area contributed by atoms with E-state index in [1.54, 1.807) is 0 Å². The van der Waals surface area contributed by atoms with Crippen LogP contribution in [0.2, 0.25) is 0 Å². The van der Waals surface area contributed by atoms with Crippen molar-refractivity contribution in [3.05, 3.63) is 0 Å². The fourth-order valence-electron chi connectivity index (χ4n) is 0. The van der Waals surface area contributed by atoms with Gasteiger partial charge in [0.05, 0.1) is 0 Å². The summed E-state index contributed by atoms with van der Waals surface area (Å²) in [5.74, 6) is 0. The van der Waals surface area contributed by atoms with Crippen LogP contribution in [0.4, 0.5) is 0 Å². The van der Waals surface area contributed by atoms with Gasteiger partial charge in [-0.25, -0.2) is 0 Å². The predicted molar refractivity (Wildman–Crippen MR) is 32.7 cm³/mol. The normalized spacial score (nSPS) is 5.14. The number of hydrogen-bond acceptors (Lipinski definition) is 3. The summed E-state index contributed by atoms with van der Waals surface area (Å²) in [6.45, 7) is 0. The van der Waals surface area contributed by atoms with Crippen LogP contribution in [0.25, 0.3) is 0 Å². The molecule has 56 valence electrons. The van der Waals surface area contributed by atoms with Crippen LogP contribution in [0.15, 0.2) is 0 Å². The Balaban J connectivity index is -0.0000000150. The first-order chi connectivity index (χ1) is 1.73. The third kappa shape index (κ3) is 41.1. The van der Waals surface area contributed by atoms with E-state index in [9.17, 15) is 0 Å². The zero-order valence-corrected chi connectivity index (χ0v) is 11.7. The molecule has 0 atom stereocenters. The summed E-state index contributed by atoms with van der Waals surface area (Å²) in [6, 6.07) is 0. The zero-order valence-electron chi connectivity index (χ0n) is 2.69. The molecule has 0 rings (SSSR count). The third-order valence-electron chi connectivity index (χ3n) is 0. The molecule has 0 aromatic rings. The van der Waals surface area contributed by atoms with Gasteiger partial charge in [0.25, 0.3) is 0 Å². The van der Waals surface area contributed by atoms with E-state index >= 15 is 0 Å². The van der Waals surface area contributed by atoms with Crippen LogP contribution in [-0.2, 0) is 67.1 Å². The van der Waals surface area contributed by atoms with Gasteiger partial charge in [-0.3, -0.25) is 0 Å². The van der Waals surface area contributed by atoms with E-state index in [1.807, 2.05) is 0 Å². The summed E-state index contributed by atoms with van der Waals surface area (Å²) in [5.41, 5.74) is 0. The summed E-state index contributed by atoms with van der Waals surface area (Å²) >= 11 is -1.10. The summed E-state index contributed by atoms with van der Waals surface area (Å²) in [7, 11) is 11.5. The molecule has 0 saturated heterocycles. The Hall–Kier alpha value is 3.83. The van der Waals surface area contributed by atoms with Crippen molar-refractivity contribution in [2.45, 2.75) is 0 Å². The third-order valence-corrected chi connectivity index (χ3v) is 0. The first-order valence-corrected chi connectivity index (χ1v) is 9.35. The molecule has 0 aliphatic rings. The van der Waals surface area contributed by atoms with E-state index in [2.05, 4.69) is 32.7 Å². The van der Waals surface area contributed by atoms with Crippen molar-refractivity contribution in [1.82, 2.24) is 0 Å². The Kier molecular flexibility index (Phi) is 52.7. The van der Waals surface area contributed by atoms with Crippen molar-refractivity contribution in [3.8, 4) is 0 Å². The van der Waals surface area contributed by atoms with Crippen molar-refractivity contribution in [3.63, 3.8) is 0 Å². The molecular formula is H3Ag3AsS3+3. The molecule has 0 aromatic heterocycles. The van der Waals surface area contributed by atoms with Gasteiger partial charge in [0.1, 0.15) is 0 Å². The molecule has 7 heteroatoms. The van der Waals surface area contributed by atoms with E-state index in [1.165, 1.54) is 0 Å². The average Bonchev–Trinajstić information content (AvgIpc) is 0.811. The predicted octanol–water partition coefficient (Wildman–Crippen LogP) is 0.753. The Morgan fingerprint density at radius 1 is 0.714 bits per heavy atom. The van der Waals surface area contributed by atoms with Gasteiger partial charge in [0.15, 0.2) is 0 Å². The maximum atomic E-state index is 3.84. The molecule has 0 aliphatic carbocycles. The maximum absolute atomic E-state index is 3.84. The Labute approximate surface area is 109 Å². The number of rotatable bonds is 0. The number of hydrogen-bond donors (Lipinski definition) is 3. The molecule has 0 bridgehead atoms. The van der Waals surface area contributed by atoms with Crippen molar-refractivity contribution >= 4 is 43.9 Å². The van der Waals surface area contributed by atoms with Crippen LogP contribution in [-0.4, -0.2) is 11.2 Å². The van der Waals surface area contributed by atoms with E-state index < -0.39 is 11.2 Å². The van der Waals surface area contributed by atoms with Crippen molar-refractivity contribution in [2.24, 2.45) is 0 Å². The van der Waals surface area contributed by atoms with E-state index in [0.717, 1.165) is 0 Å². The molecular weight excluding hydrogens is 495 g/mol. The molecule has 0 N–H and O–H groups in total. The van der Waals surface area contributed by atoms with Gasteiger partial charge in [-0.1, -0.05) is 0 Å². The number of thiol groups is 3. The average molecular weight is 498 g/mol. The minimum absolute atomic E-state index is 0. The second kappa shape index (κ2) is 16.4. The van der Waals surface area contributed by atoms with Gasteiger partial charge >= 0.3 is 111 Å². The molecule has 7 heavy (non-hydrogen) atoms. The zero-order chi connectivity index (χ0) is 3.58. The molecule has 0 aliphatic heterocycles. The summed E-state index contributed by atoms with van der Waals surface area (Å²) in [6.07, 6.45) is 0. The SMILES string of the molecule is S[As](S)S.[Ag+].[Ag+].[Ag+]. The fourth-order valence-corrected chi connectivity index (χ4v) is 0. The van der Waals surface area contributed by atoms with Crippen LogP contribution in [0.5, 0.6) is 0 Å². The molecule has 0 aromatic carbocycles. The van der Waals surface area contributed by atoms with Crippen LogP contribution in [0.3, 0.4) is 0 Å². The van der Waals surface area contributed by atoms with Crippen molar-refractivity contribution in [1.29, 1.82) is 0 Å². The summed E-state index contributed by atoms with van der Waals surface area (Å²) in [5, 5.41) is 0. The van der Waals surface area contributed by atoms with E-state index in [4.69, 9.17) is 0 Å². The molecule has 0 heterocycles. The Morgan fingerprint density at radius 3 is 0.714 bits per heavy atom. The van der Waals surface area contributed by atoms with Crippen molar-refractivity contribution in [2.75, 3.05) is 0 Å². The standard InChI is InChI=1S/3Ag.AsH3S3/c;;;2-1(3)4/h;;;2-4H/q3*+1;. The van der Waals surface area contributed by atoms with Crippen LogP contribution >= 0.6 is 32.7 Å². The van der Waals surface area contributed by atoms with Crippen molar-refractivity contribution < 1.29 is 67.1 Å². The first-order valence-electron chi connectivity index (χ1n) is 0.600. The smallest absolute Gasteiger partial charge is 1.00 e. The molecule has 0 unspecified atom stereocenters. The fraction of sp³-hybridized carbons (Fsp3) is 0. The monoisotopic (exact) mass is 495 g/mol. The van der Waals surface area contributed by atoms with E-state index in [-0.39, 0.29) is 67.1 Å². The van der Waals surface area contributed by atoms with Gasteiger partial charge in [0.2, 0.25) is 0 Å². The molecule has 0 nitrogen and oxygen atoms in total. The largest absolute Gasteiger partial charge is 1.00 e. The van der Waals surface area contributed by atoms with Gasteiger partial charge in [0, 0.05) is 0 Å². The van der Waals surface area contributed by atoms with Crippen LogP contribution < -0.4 is 0 Å². The Bertz CT molecular complexity index is 14.9.